The van der Waals surface area contributed by atoms with Gasteiger partial charge in [-0.15, -0.1) is 0 Å². The number of benzene rings is 1. The number of anilines is 2. The number of H-pyrrole nitrogens is 1. The Balaban J connectivity index is 1.36. The lowest BCUT2D eigenvalue weighted by atomic mass is 10.1. The number of halogens is 4. The van der Waals surface area contributed by atoms with Crippen LogP contribution in [0.25, 0.3) is 11.0 Å². The van der Waals surface area contributed by atoms with Crippen LogP contribution >= 0.6 is 11.6 Å². The number of amides is 1. The van der Waals surface area contributed by atoms with Crippen molar-refractivity contribution in [2.45, 2.75) is 25.1 Å². The SMILES string of the molecule is O=C(CNc1cc(Cl)cc(C(F)(F)F)c1)NC1CCCN(c2ncnc3[nH]ccc23)C1. The van der Waals surface area contributed by atoms with Crippen LogP contribution in [0.4, 0.5) is 24.7 Å². The van der Waals surface area contributed by atoms with Gasteiger partial charge in [-0.25, -0.2) is 9.97 Å². The number of aromatic amines is 1. The van der Waals surface area contributed by atoms with E-state index in [4.69, 9.17) is 11.6 Å². The third-order valence-corrected chi connectivity index (χ3v) is 5.32. The van der Waals surface area contributed by atoms with Crippen molar-refractivity contribution in [3.63, 3.8) is 0 Å². The Hall–Kier alpha value is -3.01. The Kier molecular flexibility index (Phi) is 5.90. The van der Waals surface area contributed by atoms with Gasteiger partial charge in [-0.1, -0.05) is 11.6 Å². The molecule has 31 heavy (non-hydrogen) atoms. The number of nitrogens with one attached hydrogen (secondary N) is 3. The molecule has 0 saturated carbocycles. The highest BCUT2D eigenvalue weighted by molar-refractivity contribution is 6.31. The lowest BCUT2D eigenvalue weighted by Crippen LogP contribution is -2.49. The summed E-state index contributed by atoms with van der Waals surface area (Å²) < 4.78 is 38.8. The van der Waals surface area contributed by atoms with E-state index in [1.807, 2.05) is 6.07 Å². The Morgan fingerprint density at radius 2 is 2.13 bits per heavy atom. The number of carbonyl (C=O) groups is 1. The molecule has 1 fully saturated rings. The maximum atomic E-state index is 12.9. The summed E-state index contributed by atoms with van der Waals surface area (Å²) in [6.45, 7) is 1.23. The zero-order valence-electron chi connectivity index (χ0n) is 16.3. The molecular formula is C20H20ClF3N6O. The van der Waals surface area contributed by atoms with Crippen molar-refractivity contribution in [3.8, 4) is 0 Å². The molecule has 1 aliphatic rings. The van der Waals surface area contributed by atoms with Gasteiger partial charge in [-0.2, -0.15) is 13.2 Å². The van der Waals surface area contributed by atoms with E-state index in [0.717, 1.165) is 48.4 Å². The normalized spacial score (nSPS) is 17.0. The highest BCUT2D eigenvalue weighted by Gasteiger charge is 2.31. The van der Waals surface area contributed by atoms with Crippen molar-refractivity contribution in [1.82, 2.24) is 20.3 Å². The summed E-state index contributed by atoms with van der Waals surface area (Å²) in [5.74, 6) is 0.497. The second kappa shape index (κ2) is 8.62. The zero-order valence-corrected chi connectivity index (χ0v) is 17.1. The fraction of sp³-hybridized carbons (Fsp3) is 0.350. The highest BCUT2D eigenvalue weighted by atomic mass is 35.5. The minimum Gasteiger partial charge on any atom is -0.376 e. The van der Waals surface area contributed by atoms with Crippen molar-refractivity contribution >= 4 is 40.0 Å². The van der Waals surface area contributed by atoms with E-state index in [1.165, 1.54) is 12.4 Å². The molecule has 1 aromatic carbocycles. The van der Waals surface area contributed by atoms with E-state index in [1.54, 1.807) is 6.20 Å². The molecule has 3 heterocycles. The number of piperidine rings is 1. The van der Waals surface area contributed by atoms with E-state index in [9.17, 15) is 18.0 Å². The topological polar surface area (TPSA) is 85.9 Å². The molecular weight excluding hydrogens is 433 g/mol. The van der Waals surface area contributed by atoms with Gasteiger partial charge in [-0.05, 0) is 37.1 Å². The van der Waals surface area contributed by atoms with Crippen LogP contribution in [0.2, 0.25) is 5.02 Å². The number of nitrogens with zero attached hydrogens (tertiary/aromatic N) is 3. The van der Waals surface area contributed by atoms with Crippen LogP contribution in [0, 0.1) is 0 Å². The van der Waals surface area contributed by atoms with E-state index in [2.05, 4.69) is 30.5 Å². The first-order chi connectivity index (χ1) is 14.8. The number of hydrogen-bond acceptors (Lipinski definition) is 5. The molecule has 3 N–H and O–H groups in total. The van der Waals surface area contributed by atoms with Gasteiger partial charge in [0.05, 0.1) is 17.5 Å². The van der Waals surface area contributed by atoms with Crippen LogP contribution in [-0.4, -0.2) is 46.5 Å². The molecule has 1 saturated heterocycles. The average Bonchev–Trinajstić information content (AvgIpc) is 3.20. The van der Waals surface area contributed by atoms with Crippen molar-refractivity contribution in [1.29, 1.82) is 0 Å². The minimum atomic E-state index is -4.51. The summed E-state index contributed by atoms with van der Waals surface area (Å²) in [7, 11) is 0. The first-order valence-corrected chi connectivity index (χ1v) is 10.1. The molecule has 0 radical (unpaired) electrons. The third kappa shape index (κ3) is 5.01. The monoisotopic (exact) mass is 452 g/mol. The Labute approximate surface area is 181 Å². The molecule has 2 aromatic heterocycles. The highest BCUT2D eigenvalue weighted by Crippen LogP contribution is 2.33. The van der Waals surface area contributed by atoms with Gasteiger partial charge < -0.3 is 20.5 Å². The molecule has 7 nitrogen and oxygen atoms in total. The molecule has 0 spiro atoms. The molecule has 164 valence electrons. The van der Waals surface area contributed by atoms with Gasteiger partial charge in [-0.3, -0.25) is 4.79 Å². The van der Waals surface area contributed by atoms with E-state index in [-0.39, 0.29) is 29.2 Å². The Morgan fingerprint density at radius 3 is 2.94 bits per heavy atom. The van der Waals surface area contributed by atoms with Gasteiger partial charge in [0, 0.05) is 36.0 Å². The largest absolute Gasteiger partial charge is 0.416 e. The van der Waals surface area contributed by atoms with Crippen LogP contribution in [-0.2, 0) is 11.0 Å². The summed E-state index contributed by atoms with van der Waals surface area (Å²) in [5.41, 5.74) is 0.0166. The summed E-state index contributed by atoms with van der Waals surface area (Å²) in [5, 5.41) is 6.52. The minimum absolute atomic E-state index is 0.0541. The average molecular weight is 453 g/mol. The first-order valence-electron chi connectivity index (χ1n) is 9.73. The lowest BCUT2D eigenvalue weighted by molar-refractivity contribution is -0.137. The molecule has 0 aliphatic carbocycles. The second-order valence-corrected chi connectivity index (χ2v) is 7.81. The van der Waals surface area contributed by atoms with Crippen LogP contribution in [0.5, 0.6) is 0 Å². The van der Waals surface area contributed by atoms with E-state index >= 15 is 0 Å². The van der Waals surface area contributed by atoms with Crippen molar-refractivity contribution in [2.75, 3.05) is 29.9 Å². The van der Waals surface area contributed by atoms with Gasteiger partial charge in [0.25, 0.3) is 0 Å². The van der Waals surface area contributed by atoms with Crippen molar-refractivity contribution in [2.24, 2.45) is 0 Å². The van der Waals surface area contributed by atoms with Crippen molar-refractivity contribution < 1.29 is 18.0 Å². The number of alkyl halides is 3. The first kappa shape index (κ1) is 21.2. The van der Waals surface area contributed by atoms with E-state index < -0.39 is 11.7 Å². The Morgan fingerprint density at radius 1 is 1.29 bits per heavy atom. The maximum Gasteiger partial charge on any atom is 0.416 e. The van der Waals surface area contributed by atoms with Gasteiger partial charge >= 0.3 is 6.18 Å². The van der Waals surface area contributed by atoms with Gasteiger partial charge in [0.2, 0.25) is 5.91 Å². The summed E-state index contributed by atoms with van der Waals surface area (Å²) in [4.78, 5) is 26.1. The third-order valence-electron chi connectivity index (χ3n) is 5.10. The fourth-order valence-electron chi connectivity index (χ4n) is 3.71. The summed E-state index contributed by atoms with van der Waals surface area (Å²) in [6.07, 6.45) is 0.468. The van der Waals surface area contributed by atoms with Crippen molar-refractivity contribution in [3.05, 3.63) is 47.4 Å². The molecule has 1 aliphatic heterocycles. The molecule has 4 rings (SSSR count). The maximum absolute atomic E-state index is 12.9. The van der Waals surface area contributed by atoms with Gasteiger partial charge in [0.15, 0.2) is 0 Å². The fourth-order valence-corrected chi connectivity index (χ4v) is 3.95. The number of rotatable bonds is 5. The predicted molar refractivity (Wildman–Crippen MR) is 112 cm³/mol. The quantitative estimate of drug-likeness (QED) is 0.548. The summed E-state index contributed by atoms with van der Waals surface area (Å²) >= 11 is 5.78. The van der Waals surface area contributed by atoms with Crippen LogP contribution < -0.4 is 15.5 Å². The van der Waals surface area contributed by atoms with Crippen LogP contribution in [0.3, 0.4) is 0 Å². The van der Waals surface area contributed by atoms with E-state index in [0.29, 0.717) is 6.54 Å². The predicted octanol–water partition coefficient (Wildman–Crippen LogP) is 3.83. The number of carbonyl (C=O) groups excluding carboxylic acids is 1. The van der Waals surface area contributed by atoms with Crippen LogP contribution in [0.15, 0.2) is 36.8 Å². The molecule has 0 bridgehead atoms. The molecule has 1 amide bonds. The van der Waals surface area contributed by atoms with Gasteiger partial charge in [0.1, 0.15) is 17.8 Å². The number of fused-ring (bicyclic) bond motifs is 1. The number of hydrogen-bond donors (Lipinski definition) is 3. The molecule has 11 heteroatoms. The lowest BCUT2D eigenvalue weighted by Gasteiger charge is -2.34. The summed E-state index contributed by atoms with van der Waals surface area (Å²) in [6, 6.07) is 4.94. The smallest absolute Gasteiger partial charge is 0.376 e. The zero-order chi connectivity index (χ0) is 22.0. The molecule has 1 unspecified atom stereocenters. The number of aromatic nitrogens is 3. The standard InChI is InChI=1S/C20H20ClF3N6O/c21-13-6-12(20(22,23)24)7-15(8-13)26-9-17(31)29-14-2-1-5-30(10-14)19-16-3-4-25-18(16)27-11-28-19/h3-4,6-8,11,14,26H,1-2,5,9-10H2,(H,29,31)(H,25,27,28). The molecule has 3 aromatic rings. The second-order valence-electron chi connectivity index (χ2n) is 7.37. The molecule has 1 atom stereocenters. The van der Waals surface area contributed by atoms with Crippen LogP contribution in [0.1, 0.15) is 18.4 Å². The Bertz CT molecular complexity index is 1090.